The minimum Gasteiger partial charge on any atom is -0.274 e. The van der Waals surface area contributed by atoms with Gasteiger partial charge in [-0.25, -0.2) is 4.98 Å². The molecule has 4 aromatic rings. The van der Waals surface area contributed by atoms with Gasteiger partial charge in [0.25, 0.3) is 5.91 Å². The second-order valence-corrected chi connectivity index (χ2v) is 10.1. The van der Waals surface area contributed by atoms with Crippen LogP contribution in [0.4, 0.5) is 10.8 Å². The van der Waals surface area contributed by atoms with Gasteiger partial charge in [-0.1, -0.05) is 33.3 Å². The maximum atomic E-state index is 13.4. The molecule has 0 atom stereocenters. The molecular weight excluding hydrogens is 524 g/mol. The predicted molar refractivity (Wildman–Crippen MR) is 134 cm³/mol. The van der Waals surface area contributed by atoms with Crippen LogP contribution in [0.15, 0.2) is 69.6 Å². The molecule has 7 nitrogen and oxygen atoms in total. The van der Waals surface area contributed by atoms with Crippen LogP contribution in [0.5, 0.6) is 0 Å². The lowest BCUT2D eigenvalue weighted by molar-refractivity contribution is -0.121. The number of benzene rings is 2. The third-order valence-corrected chi connectivity index (χ3v) is 7.27. The van der Waals surface area contributed by atoms with Crippen molar-refractivity contribution in [1.82, 2.24) is 4.98 Å². The summed E-state index contributed by atoms with van der Waals surface area (Å²) in [6, 6.07) is 15.9. The van der Waals surface area contributed by atoms with Gasteiger partial charge in [-0.05, 0) is 53.9 Å². The number of carbonyl (C=O) groups excluding carboxylic acids is 3. The molecular formula is C23H15BrN4O3S2. The average Bonchev–Trinajstić information content (AvgIpc) is 3.54. The Morgan fingerprint density at radius 3 is 2.55 bits per heavy atom. The molecule has 1 saturated heterocycles. The molecule has 0 aliphatic carbocycles. The van der Waals surface area contributed by atoms with E-state index in [4.69, 9.17) is 0 Å². The molecule has 1 fully saturated rings. The Hall–Kier alpha value is -3.21. The predicted octanol–water partition coefficient (Wildman–Crippen LogP) is 5.45. The number of anilines is 2. The zero-order valence-corrected chi connectivity index (χ0v) is 20.2. The van der Waals surface area contributed by atoms with Crippen LogP contribution >= 0.6 is 38.6 Å². The van der Waals surface area contributed by atoms with Crippen LogP contribution in [0, 0.1) is 0 Å². The van der Waals surface area contributed by atoms with E-state index in [-0.39, 0.29) is 30.6 Å². The minimum atomic E-state index is -0.369. The molecule has 0 N–H and O–H groups in total. The number of imide groups is 1. The summed E-state index contributed by atoms with van der Waals surface area (Å²) >= 11 is 6.33. The normalized spacial score (nSPS) is 14.0. The fourth-order valence-electron chi connectivity index (χ4n) is 3.38. The molecule has 2 aromatic carbocycles. The van der Waals surface area contributed by atoms with Crippen molar-refractivity contribution in [2.75, 3.05) is 9.91 Å². The van der Waals surface area contributed by atoms with Crippen molar-refractivity contribution in [3.8, 4) is 0 Å². The lowest BCUT2D eigenvalue weighted by Gasteiger charge is -2.16. The van der Waals surface area contributed by atoms with Gasteiger partial charge in [-0.15, -0.1) is 11.3 Å². The van der Waals surface area contributed by atoms with E-state index in [1.165, 1.54) is 27.7 Å². The zero-order valence-electron chi connectivity index (χ0n) is 17.0. The first kappa shape index (κ1) is 21.6. The van der Waals surface area contributed by atoms with Gasteiger partial charge in [0, 0.05) is 27.8 Å². The lowest BCUT2D eigenvalue weighted by Crippen LogP contribution is -2.29. The number of amides is 3. The molecule has 0 spiro atoms. The molecule has 1 aliphatic heterocycles. The smallest absolute Gasteiger partial charge is 0.274 e. The molecule has 164 valence electrons. The van der Waals surface area contributed by atoms with Crippen molar-refractivity contribution in [3.05, 3.63) is 74.9 Å². The van der Waals surface area contributed by atoms with Gasteiger partial charge in [0.1, 0.15) is 0 Å². The Morgan fingerprint density at radius 2 is 1.85 bits per heavy atom. The van der Waals surface area contributed by atoms with Gasteiger partial charge < -0.3 is 0 Å². The SMILES string of the molecule is O=C(c1ccc(N2C(=O)CCC2=O)cc1)N(/N=C/c1cccs1)c1nc2ccc(Br)cc2s1. The van der Waals surface area contributed by atoms with E-state index in [0.29, 0.717) is 16.4 Å². The van der Waals surface area contributed by atoms with E-state index in [9.17, 15) is 14.4 Å². The van der Waals surface area contributed by atoms with Gasteiger partial charge >= 0.3 is 0 Å². The first-order valence-electron chi connectivity index (χ1n) is 9.93. The number of hydrogen-bond donors (Lipinski definition) is 0. The Balaban J connectivity index is 1.49. The lowest BCUT2D eigenvalue weighted by atomic mass is 10.2. The number of fused-ring (bicyclic) bond motifs is 1. The second kappa shape index (κ2) is 8.97. The third-order valence-electron chi connectivity index (χ3n) is 4.98. The maximum absolute atomic E-state index is 13.4. The highest BCUT2D eigenvalue weighted by molar-refractivity contribution is 9.10. The highest BCUT2D eigenvalue weighted by atomic mass is 79.9. The first-order valence-corrected chi connectivity index (χ1v) is 12.4. The molecule has 0 saturated carbocycles. The van der Waals surface area contributed by atoms with Crippen LogP contribution in [0.1, 0.15) is 28.1 Å². The van der Waals surface area contributed by atoms with Crippen molar-refractivity contribution in [2.24, 2.45) is 5.10 Å². The molecule has 2 aromatic heterocycles. The molecule has 3 amide bonds. The molecule has 0 radical (unpaired) electrons. The molecule has 5 rings (SSSR count). The van der Waals surface area contributed by atoms with E-state index >= 15 is 0 Å². The molecule has 3 heterocycles. The van der Waals surface area contributed by atoms with Crippen LogP contribution in [-0.2, 0) is 9.59 Å². The van der Waals surface area contributed by atoms with Gasteiger partial charge in [0.05, 0.1) is 22.1 Å². The molecule has 33 heavy (non-hydrogen) atoms. The molecule has 10 heteroatoms. The Morgan fingerprint density at radius 1 is 1.09 bits per heavy atom. The molecule has 0 unspecified atom stereocenters. The van der Waals surface area contributed by atoms with Crippen molar-refractivity contribution < 1.29 is 14.4 Å². The Labute approximate surface area is 205 Å². The Kier molecular flexibility index (Phi) is 5.88. The van der Waals surface area contributed by atoms with E-state index in [2.05, 4.69) is 26.0 Å². The van der Waals surface area contributed by atoms with Crippen LogP contribution in [0.2, 0.25) is 0 Å². The maximum Gasteiger partial charge on any atom is 0.280 e. The van der Waals surface area contributed by atoms with Crippen LogP contribution in [0.3, 0.4) is 0 Å². The number of carbonyl (C=O) groups is 3. The highest BCUT2D eigenvalue weighted by Gasteiger charge is 2.30. The monoisotopic (exact) mass is 538 g/mol. The summed E-state index contributed by atoms with van der Waals surface area (Å²) in [5, 5.41) is 8.09. The summed E-state index contributed by atoms with van der Waals surface area (Å²) in [7, 11) is 0. The third kappa shape index (κ3) is 4.37. The number of thiazole rings is 1. The average molecular weight is 539 g/mol. The number of aromatic nitrogens is 1. The van der Waals surface area contributed by atoms with E-state index < -0.39 is 0 Å². The minimum absolute atomic E-state index is 0.207. The van der Waals surface area contributed by atoms with Gasteiger partial charge in [0.2, 0.25) is 16.9 Å². The van der Waals surface area contributed by atoms with Gasteiger partial charge in [-0.3, -0.25) is 19.3 Å². The van der Waals surface area contributed by atoms with E-state index in [0.717, 1.165) is 24.5 Å². The summed E-state index contributed by atoms with van der Waals surface area (Å²) in [4.78, 5) is 44.1. The summed E-state index contributed by atoms with van der Waals surface area (Å²) < 4.78 is 1.84. The van der Waals surface area contributed by atoms with Gasteiger partial charge in [0.15, 0.2) is 0 Å². The van der Waals surface area contributed by atoms with Crippen molar-refractivity contribution in [1.29, 1.82) is 0 Å². The summed E-state index contributed by atoms with van der Waals surface area (Å²) in [5.74, 6) is -0.838. The Bertz CT molecular complexity index is 1380. The number of hydrogen-bond acceptors (Lipinski definition) is 7. The number of thiophene rings is 1. The highest BCUT2D eigenvalue weighted by Crippen LogP contribution is 2.32. The second-order valence-electron chi connectivity index (χ2n) is 7.16. The fourth-order valence-corrected chi connectivity index (χ4v) is 5.44. The van der Waals surface area contributed by atoms with Crippen molar-refractivity contribution in [2.45, 2.75) is 12.8 Å². The molecule has 0 bridgehead atoms. The number of halogens is 1. The topological polar surface area (TPSA) is 82.9 Å². The van der Waals surface area contributed by atoms with Crippen LogP contribution in [-0.4, -0.2) is 28.9 Å². The summed E-state index contributed by atoms with van der Waals surface area (Å²) in [5.41, 5.74) is 1.59. The summed E-state index contributed by atoms with van der Waals surface area (Å²) in [6.07, 6.45) is 2.04. The zero-order chi connectivity index (χ0) is 22.9. The van der Waals surface area contributed by atoms with E-state index in [1.54, 1.807) is 30.5 Å². The first-order chi connectivity index (χ1) is 16.0. The van der Waals surface area contributed by atoms with Gasteiger partial charge in [-0.2, -0.15) is 10.1 Å². The quantitative estimate of drug-likeness (QED) is 0.192. The van der Waals surface area contributed by atoms with Crippen LogP contribution < -0.4 is 9.91 Å². The standard InChI is InChI=1S/C23H15BrN4O3S2/c24-15-5-8-18-19(12-15)33-23(26-18)28(25-13-17-2-1-11-32-17)22(31)14-3-6-16(7-4-14)27-20(29)9-10-21(27)30/h1-8,11-13H,9-10H2/b25-13+. The summed E-state index contributed by atoms with van der Waals surface area (Å²) in [6.45, 7) is 0. The fraction of sp³-hybridized carbons (Fsp3) is 0.0870. The van der Waals surface area contributed by atoms with Crippen molar-refractivity contribution in [3.63, 3.8) is 0 Å². The molecule has 1 aliphatic rings. The number of rotatable bonds is 5. The van der Waals surface area contributed by atoms with E-state index in [1.807, 2.05) is 35.7 Å². The van der Waals surface area contributed by atoms with Crippen LogP contribution in [0.25, 0.3) is 10.2 Å². The van der Waals surface area contributed by atoms with Crippen molar-refractivity contribution >= 4 is 83.6 Å². The largest absolute Gasteiger partial charge is 0.280 e. The number of nitrogens with zero attached hydrogens (tertiary/aromatic N) is 4. The number of hydrazone groups is 1.